The van der Waals surface area contributed by atoms with E-state index >= 15 is 0 Å². The lowest BCUT2D eigenvalue weighted by atomic mass is 10.1. The van der Waals surface area contributed by atoms with E-state index in [1.807, 2.05) is 6.07 Å². The first kappa shape index (κ1) is 18.6. The molecule has 3 nitrogen and oxygen atoms in total. The van der Waals surface area contributed by atoms with Crippen molar-refractivity contribution in [2.75, 3.05) is 0 Å². The van der Waals surface area contributed by atoms with Gasteiger partial charge in [-0.1, -0.05) is 66.7 Å². The van der Waals surface area contributed by atoms with Crippen LogP contribution in [-0.4, -0.2) is 9.13 Å². The van der Waals surface area contributed by atoms with Gasteiger partial charge in [0.2, 0.25) is 0 Å². The minimum Gasteiger partial charge on any atom is -0.462 e. The highest BCUT2D eigenvalue weighted by atomic mass is 16.3. The molecule has 0 aliphatic rings. The van der Waals surface area contributed by atoms with Crippen molar-refractivity contribution >= 4 is 54.6 Å². The van der Waals surface area contributed by atoms with Crippen LogP contribution in [0.4, 0.5) is 0 Å². The van der Waals surface area contributed by atoms with Crippen LogP contribution in [0.3, 0.4) is 0 Å². The highest BCUT2D eigenvalue weighted by molar-refractivity contribution is 6.17. The van der Waals surface area contributed by atoms with Crippen molar-refractivity contribution in [1.29, 1.82) is 0 Å². The first-order valence-electron chi connectivity index (χ1n) is 11.9. The van der Waals surface area contributed by atoms with Gasteiger partial charge >= 0.3 is 0 Å². The third-order valence-corrected chi connectivity index (χ3v) is 7.20. The predicted molar refractivity (Wildman–Crippen MR) is 145 cm³/mol. The van der Waals surface area contributed by atoms with Crippen LogP contribution in [0.15, 0.2) is 126 Å². The number of benzene rings is 5. The first-order valence-corrected chi connectivity index (χ1v) is 11.9. The van der Waals surface area contributed by atoms with Crippen LogP contribution in [0.1, 0.15) is 0 Å². The maximum Gasteiger partial charge on any atom is 0.158 e. The van der Waals surface area contributed by atoms with Gasteiger partial charge in [0.1, 0.15) is 0 Å². The van der Waals surface area contributed by atoms with Crippen LogP contribution >= 0.6 is 0 Å². The second-order valence-corrected chi connectivity index (χ2v) is 9.04. The maximum atomic E-state index is 5.98. The van der Waals surface area contributed by atoms with E-state index in [0.717, 1.165) is 27.9 Å². The molecule has 0 spiro atoms. The average Bonchev–Trinajstić information content (AvgIpc) is 3.61. The molecule has 0 aliphatic heterocycles. The van der Waals surface area contributed by atoms with Gasteiger partial charge in [-0.15, -0.1) is 0 Å². The normalized spacial score (nSPS) is 12.0. The van der Waals surface area contributed by atoms with E-state index in [2.05, 4.69) is 118 Å². The summed E-state index contributed by atoms with van der Waals surface area (Å²) in [5, 5.41) is 6.09. The number of aromatic nitrogens is 2. The molecule has 164 valence electrons. The average molecular weight is 449 g/mol. The van der Waals surface area contributed by atoms with Crippen molar-refractivity contribution in [3.8, 4) is 11.4 Å². The fourth-order valence-corrected chi connectivity index (χ4v) is 5.69. The van der Waals surface area contributed by atoms with E-state index in [1.165, 1.54) is 38.1 Å². The number of hydrogen-bond acceptors (Lipinski definition) is 1. The zero-order valence-corrected chi connectivity index (χ0v) is 18.8. The van der Waals surface area contributed by atoms with E-state index < -0.39 is 0 Å². The fourth-order valence-electron chi connectivity index (χ4n) is 5.69. The molecule has 0 bridgehead atoms. The molecule has 0 saturated heterocycles. The number of hydrogen-bond donors (Lipinski definition) is 0. The Morgan fingerprint density at radius 3 is 1.57 bits per heavy atom. The lowest BCUT2D eigenvalue weighted by Crippen LogP contribution is -1.97. The molecule has 3 heterocycles. The molecular weight excluding hydrogens is 428 g/mol. The highest BCUT2D eigenvalue weighted by Crippen LogP contribution is 2.37. The van der Waals surface area contributed by atoms with Gasteiger partial charge < -0.3 is 13.6 Å². The van der Waals surface area contributed by atoms with Gasteiger partial charge in [0.25, 0.3) is 0 Å². The molecule has 8 rings (SSSR count). The van der Waals surface area contributed by atoms with E-state index in [4.69, 9.17) is 4.42 Å². The predicted octanol–water partition coefficient (Wildman–Crippen LogP) is 8.63. The van der Waals surface area contributed by atoms with Crippen LogP contribution in [0, 0.1) is 0 Å². The molecule has 35 heavy (non-hydrogen) atoms. The van der Waals surface area contributed by atoms with Crippen molar-refractivity contribution < 1.29 is 4.42 Å². The van der Waals surface area contributed by atoms with Gasteiger partial charge in [-0.3, -0.25) is 0 Å². The Hall–Kier alpha value is -4.76. The zero-order chi connectivity index (χ0) is 22.9. The quantitative estimate of drug-likeness (QED) is 0.259. The first-order chi connectivity index (χ1) is 17.4. The molecule has 8 aromatic rings. The number of nitrogens with zero attached hydrogens (tertiary/aromatic N) is 2. The van der Waals surface area contributed by atoms with Crippen molar-refractivity contribution in [2.45, 2.75) is 0 Å². The molecule has 0 aliphatic carbocycles. The molecular formula is C32H20N2O. The number of furan rings is 1. The summed E-state index contributed by atoms with van der Waals surface area (Å²) in [5.41, 5.74) is 7.91. The summed E-state index contributed by atoms with van der Waals surface area (Å²) >= 11 is 0. The van der Waals surface area contributed by atoms with E-state index in [0.29, 0.717) is 0 Å². The minimum atomic E-state index is 0.921. The van der Waals surface area contributed by atoms with Gasteiger partial charge in [-0.05, 0) is 48.5 Å². The van der Waals surface area contributed by atoms with E-state index in [1.54, 1.807) is 6.26 Å². The summed E-state index contributed by atoms with van der Waals surface area (Å²) in [7, 11) is 0. The topological polar surface area (TPSA) is 23.0 Å². The SMILES string of the molecule is c1ccc2c(c1)c1ccccc1n2-c1ccc(-n2c3ccccc3c3ccc4ccoc4c32)cc1. The molecule has 0 N–H and O–H groups in total. The van der Waals surface area contributed by atoms with E-state index in [9.17, 15) is 0 Å². The molecule has 0 radical (unpaired) electrons. The number of fused-ring (bicyclic) bond motifs is 8. The van der Waals surface area contributed by atoms with Gasteiger partial charge in [0.05, 0.1) is 28.3 Å². The molecule has 0 unspecified atom stereocenters. The van der Waals surface area contributed by atoms with Crippen LogP contribution in [0.5, 0.6) is 0 Å². The van der Waals surface area contributed by atoms with Crippen LogP contribution in [-0.2, 0) is 0 Å². The molecule has 0 amide bonds. The lowest BCUT2D eigenvalue weighted by molar-refractivity contribution is 0.618. The second kappa shape index (κ2) is 6.87. The smallest absolute Gasteiger partial charge is 0.158 e. The maximum absolute atomic E-state index is 5.98. The zero-order valence-electron chi connectivity index (χ0n) is 18.8. The van der Waals surface area contributed by atoms with Crippen molar-refractivity contribution in [2.24, 2.45) is 0 Å². The van der Waals surface area contributed by atoms with Crippen LogP contribution in [0.2, 0.25) is 0 Å². The molecule has 0 atom stereocenters. The Labute approximate surface area is 201 Å². The van der Waals surface area contributed by atoms with Gasteiger partial charge in [-0.2, -0.15) is 0 Å². The third-order valence-electron chi connectivity index (χ3n) is 7.20. The molecule has 5 aromatic carbocycles. The Bertz CT molecular complexity index is 2000. The second-order valence-electron chi connectivity index (χ2n) is 9.04. The molecule has 3 aromatic heterocycles. The number of rotatable bonds is 2. The monoisotopic (exact) mass is 448 g/mol. The van der Waals surface area contributed by atoms with Gasteiger partial charge in [0.15, 0.2) is 5.58 Å². The summed E-state index contributed by atoms with van der Waals surface area (Å²) in [6, 6.07) is 41.1. The third kappa shape index (κ3) is 2.50. The Kier molecular flexibility index (Phi) is 3.66. The molecule has 0 saturated carbocycles. The van der Waals surface area contributed by atoms with Crippen molar-refractivity contribution in [3.05, 3.63) is 122 Å². The standard InChI is InChI=1S/C32H20N2O/c1-4-10-28-24(7-1)25-8-2-5-11-29(25)33(28)22-14-16-23(17-15-22)34-30-12-6-3-9-26(30)27-18-13-21-19-20-35-32(21)31(27)34/h1-20H. The summed E-state index contributed by atoms with van der Waals surface area (Å²) in [4.78, 5) is 0. The summed E-state index contributed by atoms with van der Waals surface area (Å²) in [5.74, 6) is 0. The Balaban J connectivity index is 1.40. The summed E-state index contributed by atoms with van der Waals surface area (Å²) < 4.78 is 10.7. The Morgan fingerprint density at radius 2 is 0.943 bits per heavy atom. The van der Waals surface area contributed by atoms with Crippen molar-refractivity contribution in [1.82, 2.24) is 9.13 Å². The van der Waals surface area contributed by atoms with Crippen molar-refractivity contribution in [3.63, 3.8) is 0 Å². The number of para-hydroxylation sites is 3. The van der Waals surface area contributed by atoms with E-state index in [-0.39, 0.29) is 0 Å². The van der Waals surface area contributed by atoms with Gasteiger partial charge in [-0.25, -0.2) is 0 Å². The van der Waals surface area contributed by atoms with Gasteiger partial charge in [0, 0.05) is 38.3 Å². The highest BCUT2D eigenvalue weighted by Gasteiger charge is 2.17. The Morgan fingerprint density at radius 1 is 0.429 bits per heavy atom. The fraction of sp³-hybridized carbons (Fsp3) is 0. The summed E-state index contributed by atoms with van der Waals surface area (Å²) in [6.45, 7) is 0. The van der Waals surface area contributed by atoms with Crippen LogP contribution in [0.25, 0.3) is 66.0 Å². The minimum absolute atomic E-state index is 0.921. The summed E-state index contributed by atoms with van der Waals surface area (Å²) in [6.07, 6.45) is 1.78. The largest absolute Gasteiger partial charge is 0.462 e. The molecule has 3 heteroatoms. The molecule has 0 fully saturated rings. The van der Waals surface area contributed by atoms with Crippen LogP contribution < -0.4 is 0 Å². The lowest BCUT2D eigenvalue weighted by Gasteiger charge is -2.11.